The number of pyridine rings is 1. The van der Waals surface area contributed by atoms with Crippen LogP contribution in [0.15, 0.2) is 47.5 Å². The van der Waals surface area contributed by atoms with Gasteiger partial charge < -0.3 is 5.32 Å². The van der Waals surface area contributed by atoms with Crippen LogP contribution in [0, 0.1) is 3.57 Å². The second-order valence-corrected chi connectivity index (χ2v) is 8.20. The summed E-state index contributed by atoms with van der Waals surface area (Å²) in [7, 11) is -3.50. The molecule has 1 aromatic heterocycles. The van der Waals surface area contributed by atoms with E-state index >= 15 is 0 Å². The standard InChI is InChI=1S/C15H14IN3O3S/c16-11-3-8-14(17-9-11)18-15(20)10-1-6-13(7-2-10)23(21,22)19-12-4-5-12/h1-3,6-9,12,19H,4-5H2,(H,17,18,20). The van der Waals surface area contributed by atoms with Gasteiger partial charge in [-0.25, -0.2) is 18.1 Å². The van der Waals surface area contributed by atoms with Gasteiger partial charge in [0.25, 0.3) is 5.91 Å². The van der Waals surface area contributed by atoms with Gasteiger partial charge in [-0.1, -0.05) is 0 Å². The number of nitrogens with one attached hydrogen (secondary N) is 2. The van der Waals surface area contributed by atoms with E-state index < -0.39 is 10.0 Å². The number of benzene rings is 1. The lowest BCUT2D eigenvalue weighted by molar-refractivity contribution is 0.102. The first kappa shape index (κ1) is 16.3. The number of aromatic nitrogens is 1. The van der Waals surface area contributed by atoms with Crippen LogP contribution < -0.4 is 10.0 Å². The molecule has 2 aromatic rings. The van der Waals surface area contributed by atoms with Crippen LogP contribution in [-0.4, -0.2) is 25.4 Å². The summed E-state index contributed by atoms with van der Waals surface area (Å²) in [5, 5.41) is 2.67. The number of amides is 1. The quantitative estimate of drug-likeness (QED) is 0.695. The Kier molecular flexibility index (Phi) is 4.64. The first-order chi connectivity index (χ1) is 10.9. The average Bonchev–Trinajstić information content (AvgIpc) is 3.33. The molecular formula is C15H14IN3O3S. The number of rotatable bonds is 5. The maximum Gasteiger partial charge on any atom is 0.256 e. The van der Waals surface area contributed by atoms with Gasteiger partial charge in [-0.3, -0.25) is 4.79 Å². The second-order valence-electron chi connectivity index (χ2n) is 5.24. The molecule has 0 aliphatic heterocycles. The fourth-order valence-electron chi connectivity index (χ4n) is 1.91. The summed E-state index contributed by atoms with van der Waals surface area (Å²) in [6.07, 6.45) is 3.40. The van der Waals surface area contributed by atoms with E-state index in [9.17, 15) is 13.2 Å². The van der Waals surface area contributed by atoms with Crippen molar-refractivity contribution in [1.29, 1.82) is 0 Å². The van der Waals surface area contributed by atoms with Crippen LogP contribution in [0.25, 0.3) is 0 Å². The molecule has 2 N–H and O–H groups in total. The molecule has 23 heavy (non-hydrogen) atoms. The minimum Gasteiger partial charge on any atom is -0.307 e. The van der Waals surface area contributed by atoms with Crippen molar-refractivity contribution in [2.75, 3.05) is 5.32 Å². The van der Waals surface area contributed by atoms with Crippen molar-refractivity contribution in [1.82, 2.24) is 9.71 Å². The Balaban J connectivity index is 1.71. The molecule has 0 spiro atoms. The molecule has 8 heteroatoms. The van der Waals surface area contributed by atoms with E-state index in [1.54, 1.807) is 12.3 Å². The van der Waals surface area contributed by atoms with Crippen molar-refractivity contribution in [2.45, 2.75) is 23.8 Å². The summed E-state index contributed by atoms with van der Waals surface area (Å²) in [4.78, 5) is 16.4. The van der Waals surface area contributed by atoms with Crippen molar-refractivity contribution >= 4 is 44.3 Å². The minimum atomic E-state index is -3.50. The van der Waals surface area contributed by atoms with Gasteiger partial charge in [0, 0.05) is 21.4 Å². The molecule has 1 aliphatic rings. The van der Waals surface area contributed by atoms with Crippen LogP contribution in [0.2, 0.25) is 0 Å². The van der Waals surface area contributed by atoms with Crippen LogP contribution in [0.4, 0.5) is 5.82 Å². The Labute approximate surface area is 147 Å². The van der Waals surface area contributed by atoms with E-state index in [0.717, 1.165) is 16.4 Å². The predicted octanol–water partition coefficient (Wildman–Crippen LogP) is 2.38. The molecule has 6 nitrogen and oxygen atoms in total. The lowest BCUT2D eigenvalue weighted by Gasteiger charge is -2.07. The maximum absolute atomic E-state index is 12.1. The summed E-state index contributed by atoms with van der Waals surface area (Å²) in [5.41, 5.74) is 0.371. The summed E-state index contributed by atoms with van der Waals surface area (Å²) in [5.74, 6) is 0.111. The number of carbonyl (C=O) groups excluding carboxylic acids is 1. The van der Waals surface area contributed by atoms with Crippen molar-refractivity contribution in [3.63, 3.8) is 0 Å². The summed E-state index contributed by atoms with van der Waals surface area (Å²) in [6.45, 7) is 0. The Morgan fingerprint density at radius 3 is 2.39 bits per heavy atom. The lowest BCUT2D eigenvalue weighted by atomic mass is 10.2. The predicted molar refractivity (Wildman–Crippen MR) is 94.7 cm³/mol. The molecule has 0 unspecified atom stereocenters. The highest BCUT2D eigenvalue weighted by atomic mass is 127. The van der Waals surface area contributed by atoms with E-state index in [1.807, 2.05) is 6.07 Å². The maximum atomic E-state index is 12.1. The molecule has 0 bridgehead atoms. The van der Waals surface area contributed by atoms with E-state index in [-0.39, 0.29) is 16.8 Å². The van der Waals surface area contributed by atoms with Gasteiger partial charge in [-0.05, 0) is 71.8 Å². The third kappa shape index (κ3) is 4.27. The molecule has 0 saturated heterocycles. The summed E-state index contributed by atoms with van der Waals surface area (Å²) in [6, 6.07) is 9.44. The zero-order valence-electron chi connectivity index (χ0n) is 12.0. The molecule has 1 amide bonds. The fraction of sp³-hybridized carbons (Fsp3) is 0.200. The Bertz CT molecular complexity index is 816. The molecular weight excluding hydrogens is 429 g/mol. The van der Waals surface area contributed by atoms with Gasteiger partial charge in [0.05, 0.1) is 4.90 Å². The molecule has 0 atom stereocenters. The Morgan fingerprint density at radius 1 is 1.13 bits per heavy atom. The van der Waals surface area contributed by atoms with Crippen LogP contribution in [0.1, 0.15) is 23.2 Å². The SMILES string of the molecule is O=C(Nc1ccc(I)cn1)c1ccc(S(=O)(=O)NC2CC2)cc1. The van der Waals surface area contributed by atoms with Crippen molar-refractivity contribution in [2.24, 2.45) is 0 Å². The highest BCUT2D eigenvalue weighted by Crippen LogP contribution is 2.22. The molecule has 120 valence electrons. The highest BCUT2D eigenvalue weighted by molar-refractivity contribution is 14.1. The molecule has 1 aromatic carbocycles. The monoisotopic (exact) mass is 443 g/mol. The van der Waals surface area contributed by atoms with Crippen molar-refractivity contribution in [3.05, 3.63) is 51.7 Å². The van der Waals surface area contributed by atoms with Gasteiger partial charge in [-0.2, -0.15) is 0 Å². The number of halogens is 1. The zero-order valence-corrected chi connectivity index (χ0v) is 15.0. The van der Waals surface area contributed by atoms with Crippen LogP contribution in [-0.2, 0) is 10.0 Å². The molecule has 1 aliphatic carbocycles. The van der Waals surface area contributed by atoms with Crippen LogP contribution in [0.3, 0.4) is 0 Å². The first-order valence-electron chi connectivity index (χ1n) is 6.99. The third-order valence-corrected chi connectivity index (χ3v) is 5.47. The number of hydrogen-bond donors (Lipinski definition) is 2. The van der Waals surface area contributed by atoms with E-state index in [2.05, 4.69) is 37.6 Å². The third-order valence-electron chi connectivity index (χ3n) is 3.29. The van der Waals surface area contributed by atoms with Gasteiger partial charge in [0.15, 0.2) is 0 Å². The van der Waals surface area contributed by atoms with Gasteiger partial charge in [0.1, 0.15) is 5.82 Å². The Morgan fingerprint density at radius 2 is 1.83 bits per heavy atom. The molecule has 0 radical (unpaired) electrons. The zero-order chi connectivity index (χ0) is 16.4. The minimum absolute atomic E-state index is 0.0509. The molecule has 3 rings (SSSR count). The first-order valence-corrected chi connectivity index (χ1v) is 9.55. The van der Waals surface area contributed by atoms with Crippen molar-refractivity contribution < 1.29 is 13.2 Å². The second kappa shape index (κ2) is 6.54. The van der Waals surface area contributed by atoms with Crippen LogP contribution in [0.5, 0.6) is 0 Å². The number of hydrogen-bond acceptors (Lipinski definition) is 4. The van der Waals surface area contributed by atoms with Crippen molar-refractivity contribution in [3.8, 4) is 0 Å². The van der Waals surface area contributed by atoms with Gasteiger partial charge in [-0.15, -0.1) is 0 Å². The number of anilines is 1. The lowest BCUT2D eigenvalue weighted by Crippen LogP contribution is -2.25. The number of nitrogens with zero attached hydrogens (tertiary/aromatic N) is 1. The van der Waals surface area contributed by atoms with Gasteiger partial charge in [0.2, 0.25) is 10.0 Å². The average molecular weight is 443 g/mol. The topological polar surface area (TPSA) is 88.2 Å². The molecule has 1 fully saturated rings. The van der Waals surface area contributed by atoms with Gasteiger partial charge >= 0.3 is 0 Å². The smallest absolute Gasteiger partial charge is 0.256 e. The van der Waals surface area contributed by atoms with E-state index in [0.29, 0.717) is 11.4 Å². The van der Waals surface area contributed by atoms with Crippen LogP contribution >= 0.6 is 22.6 Å². The summed E-state index contributed by atoms with van der Waals surface area (Å²) < 4.78 is 27.7. The summed E-state index contributed by atoms with van der Waals surface area (Å²) >= 11 is 2.13. The number of sulfonamides is 1. The fourth-order valence-corrected chi connectivity index (χ4v) is 3.54. The van der Waals surface area contributed by atoms with E-state index in [4.69, 9.17) is 0 Å². The molecule has 1 saturated carbocycles. The largest absolute Gasteiger partial charge is 0.307 e. The number of carbonyl (C=O) groups is 1. The van der Waals surface area contributed by atoms with E-state index in [1.165, 1.54) is 24.3 Å². The molecule has 1 heterocycles. The Hall–Kier alpha value is -1.52. The highest BCUT2D eigenvalue weighted by Gasteiger charge is 2.27. The normalized spacial score (nSPS) is 14.5.